The number of hydrogen-bond acceptors (Lipinski definition) is 3. The largest absolute Gasteiger partial charge is 0.214 e. The fourth-order valence-corrected chi connectivity index (χ4v) is 1.69. The van der Waals surface area contributed by atoms with Crippen LogP contribution in [0.15, 0.2) is 48.6 Å². The van der Waals surface area contributed by atoms with E-state index in [1.165, 1.54) is 0 Å². The van der Waals surface area contributed by atoms with E-state index in [1.807, 2.05) is 69.3 Å². The highest BCUT2D eigenvalue weighted by molar-refractivity contribution is 5.62. The van der Waals surface area contributed by atoms with Gasteiger partial charge in [0.25, 0.3) is 0 Å². The van der Waals surface area contributed by atoms with Crippen LogP contribution in [0.1, 0.15) is 25.5 Å². The van der Waals surface area contributed by atoms with Crippen LogP contribution in [0.3, 0.4) is 0 Å². The van der Waals surface area contributed by atoms with Crippen molar-refractivity contribution in [2.75, 3.05) is 0 Å². The van der Waals surface area contributed by atoms with Gasteiger partial charge in [0, 0.05) is 5.56 Å². The first kappa shape index (κ1) is 13.1. The summed E-state index contributed by atoms with van der Waals surface area (Å²) in [5, 5.41) is 0. The van der Waals surface area contributed by atoms with Crippen molar-refractivity contribution >= 4 is 5.57 Å². The Kier molecular flexibility index (Phi) is 4.18. The Balaban J connectivity index is 2.46. The summed E-state index contributed by atoms with van der Waals surface area (Å²) in [5.74, 6) is 2.18. The molecule has 0 aliphatic carbocycles. The lowest BCUT2D eigenvalue weighted by Crippen LogP contribution is -2.01. The molecule has 0 aliphatic heterocycles. The van der Waals surface area contributed by atoms with Gasteiger partial charge in [0.15, 0.2) is 11.6 Å². The number of rotatable bonds is 3. The van der Waals surface area contributed by atoms with E-state index >= 15 is 0 Å². The van der Waals surface area contributed by atoms with Gasteiger partial charge in [0.1, 0.15) is 5.82 Å². The fraction of sp³-hybridized carbons (Fsp3) is 0.188. The summed E-state index contributed by atoms with van der Waals surface area (Å²) in [6, 6.07) is 9.95. The van der Waals surface area contributed by atoms with Crippen LogP contribution < -0.4 is 0 Å². The summed E-state index contributed by atoms with van der Waals surface area (Å²) in [6.07, 6.45) is 5.97. The summed E-state index contributed by atoms with van der Waals surface area (Å²) in [4.78, 5) is 13.3. The Morgan fingerprint density at radius 3 is 2.47 bits per heavy atom. The van der Waals surface area contributed by atoms with Crippen molar-refractivity contribution in [3.8, 4) is 11.4 Å². The van der Waals surface area contributed by atoms with Crippen molar-refractivity contribution in [2.24, 2.45) is 0 Å². The third-order valence-electron chi connectivity index (χ3n) is 2.67. The van der Waals surface area contributed by atoms with Crippen LogP contribution in [0.4, 0.5) is 0 Å². The van der Waals surface area contributed by atoms with Crippen molar-refractivity contribution < 1.29 is 0 Å². The van der Waals surface area contributed by atoms with Gasteiger partial charge in [-0.25, -0.2) is 15.0 Å². The Morgan fingerprint density at radius 2 is 1.79 bits per heavy atom. The molecular formula is C16H17N3. The first-order valence-corrected chi connectivity index (χ1v) is 6.29. The molecule has 96 valence electrons. The topological polar surface area (TPSA) is 38.7 Å². The van der Waals surface area contributed by atoms with Gasteiger partial charge in [-0.15, -0.1) is 0 Å². The second kappa shape index (κ2) is 6.05. The molecule has 3 nitrogen and oxygen atoms in total. The Morgan fingerprint density at radius 1 is 1.05 bits per heavy atom. The summed E-state index contributed by atoms with van der Waals surface area (Å²) < 4.78 is 0. The third-order valence-corrected chi connectivity index (χ3v) is 2.67. The number of nitrogens with zero attached hydrogens (tertiary/aromatic N) is 3. The van der Waals surface area contributed by atoms with Crippen LogP contribution in [-0.2, 0) is 0 Å². The van der Waals surface area contributed by atoms with Crippen LogP contribution in [0.2, 0.25) is 0 Å². The van der Waals surface area contributed by atoms with E-state index in [0.29, 0.717) is 0 Å². The zero-order valence-electron chi connectivity index (χ0n) is 11.5. The number of hydrogen-bond donors (Lipinski definition) is 0. The van der Waals surface area contributed by atoms with Crippen LogP contribution in [0.5, 0.6) is 0 Å². The Hall–Kier alpha value is -2.29. The summed E-state index contributed by atoms with van der Waals surface area (Å²) in [6.45, 7) is 5.88. The molecule has 0 radical (unpaired) electrons. The fourth-order valence-electron chi connectivity index (χ4n) is 1.69. The highest BCUT2D eigenvalue weighted by atomic mass is 15.0. The Bertz CT molecular complexity index is 613. The van der Waals surface area contributed by atoms with Gasteiger partial charge < -0.3 is 0 Å². The number of aryl methyl sites for hydroxylation is 1. The van der Waals surface area contributed by atoms with Crippen LogP contribution in [0, 0.1) is 6.92 Å². The second-order valence-electron chi connectivity index (χ2n) is 4.27. The van der Waals surface area contributed by atoms with E-state index in [9.17, 15) is 0 Å². The minimum Gasteiger partial charge on any atom is -0.214 e. The molecule has 19 heavy (non-hydrogen) atoms. The molecular weight excluding hydrogens is 234 g/mol. The van der Waals surface area contributed by atoms with Crippen molar-refractivity contribution in [3.63, 3.8) is 0 Å². The maximum Gasteiger partial charge on any atom is 0.163 e. The van der Waals surface area contributed by atoms with E-state index in [0.717, 1.165) is 28.6 Å². The lowest BCUT2D eigenvalue weighted by atomic mass is 10.2. The quantitative estimate of drug-likeness (QED) is 0.778. The molecule has 0 bridgehead atoms. The minimum absolute atomic E-state index is 0.719. The zero-order valence-corrected chi connectivity index (χ0v) is 11.5. The van der Waals surface area contributed by atoms with E-state index in [-0.39, 0.29) is 0 Å². The molecule has 2 rings (SSSR count). The third kappa shape index (κ3) is 3.35. The van der Waals surface area contributed by atoms with Crippen molar-refractivity contribution in [3.05, 3.63) is 60.2 Å². The predicted octanol–water partition coefficient (Wildman–Crippen LogP) is 3.83. The molecule has 3 heteroatoms. The first-order valence-electron chi connectivity index (χ1n) is 6.29. The number of aromatic nitrogens is 3. The van der Waals surface area contributed by atoms with Crippen LogP contribution >= 0.6 is 0 Å². The molecule has 0 saturated carbocycles. The van der Waals surface area contributed by atoms with E-state index < -0.39 is 0 Å². The molecule has 1 heterocycles. The maximum absolute atomic E-state index is 4.53. The summed E-state index contributed by atoms with van der Waals surface area (Å²) in [5.41, 5.74) is 2.04. The lowest BCUT2D eigenvalue weighted by molar-refractivity contribution is 0.959. The molecule has 0 spiro atoms. The van der Waals surface area contributed by atoms with E-state index in [2.05, 4.69) is 15.0 Å². The minimum atomic E-state index is 0.719. The van der Waals surface area contributed by atoms with Gasteiger partial charge in [-0.05, 0) is 26.3 Å². The van der Waals surface area contributed by atoms with Gasteiger partial charge in [0.05, 0.1) is 0 Å². The molecule has 1 aromatic carbocycles. The molecule has 0 unspecified atom stereocenters. The smallest absolute Gasteiger partial charge is 0.163 e. The predicted molar refractivity (Wildman–Crippen MR) is 78.5 cm³/mol. The molecule has 1 aromatic heterocycles. The summed E-state index contributed by atoms with van der Waals surface area (Å²) >= 11 is 0. The van der Waals surface area contributed by atoms with Crippen molar-refractivity contribution in [1.82, 2.24) is 15.0 Å². The van der Waals surface area contributed by atoms with Gasteiger partial charge in [0.2, 0.25) is 0 Å². The van der Waals surface area contributed by atoms with Crippen LogP contribution in [-0.4, -0.2) is 15.0 Å². The monoisotopic (exact) mass is 251 g/mol. The normalized spacial score (nSPS) is 12.1. The number of allylic oxidation sites excluding steroid dienone is 4. The molecule has 0 aliphatic rings. The second-order valence-corrected chi connectivity index (χ2v) is 4.27. The average Bonchev–Trinajstić information content (AvgIpc) is 2.45. The number of benzene rings is 1. The zero-order chi connectivity index (χ0) is 13.7. The standard InChI is InChI=1S/C16H17N3/c1-4-5-9-12(2)15-17-13(3)18-16(19-15)14-10-7-6-8-11-14/h4-11H,1-3H3/b5-4-,12-9+. The van der Waals surface area contributed by atoms with Gasteiger partial charge >= 0.3 is 0 Å². The molecule has 2 aromatic rings. The maximum atomic E-state index is 4.53. The van der Waals surface area contributed by atoms with Crippen LogP contribution in [0.25, 0.3) is 17.0 Å². The van der Waals surface area contributed by atoms with Crippen molar-refractivity contribution in [2.45, 2.75) is 20.8 Å². The van der Waals surface area contributed by atoms with Crippen molar-refractivity contribution in [1.29, 1.82) is 0 Å². The van der Waals surface area contributed by atoms with E-state index in [4.69, 9.17) is 0 Å². The first-order chi connectivity index (χ1) is 9.20. The summed E-state index contributed by atoms with van der Waals surface area (Å²) in [7, 11) is 0. The van der Waals surface area contributed by atoms with E-state index in [1.54, 1.807) is 0 Å². The molecule has 0 atom stereocenters. The SMILES string of the molecule is C/C=C\C=C(/C)c1nc(C)nc(-c2ccccc2)n1. The highest BCUT2D eigenvalue weighted by Gasteiger charge is 2.06. The molecule has 0 amide bonds. The average molecular weight is 251 g/mol. The molecule has 0 N–H and O–H groups in total. The Labute approximate surface area is 113 Å². The highest BCUT2D eigenvalue weighted by Crippen LogP contribution is 2.17. The van der Waals surface area contributed by atoms with Gasteiger partial charge in [-0.1, -0.05) is 48.6 Å². The van der Waals surface area contributed by atoms with Gasteiger partial charge in [-0.3, -0.25) is 0 Å². The molecule has 0 fully saturated rings. The molecule has 0 saturated heterocycles. The lowest BCUT2D eigenvalue weighted by Gasteiger charge is -2.05. The van der Waals surface area contributed by atoms with Gasteiger partial charge in [-0.2, -0.15) is 0 Å².